The van der Waals surface area contributed by atoms with Gasteiger partial charge < -0.3 is 5.11 Å². The molecule has 19 heavy (non-hydrogen) atoms. The van der Waals surface area contributed by atoms with Gasteiger partial charge >= 0.3 is 0 Å². The van der Waals surface area contributed by atoms with Gasteiger partial charge in [0, 0.05) is 16.6 Å². The van der Waals surface area contributed by atoms with Gasteiger partial charge in [0.05, 0.1) is 0 Å². The summed E-state index contributed by atoms with van der Waals surface area (Å²) in [6, 6.07) is 5.53. The monoisotopic (exact) mass is 281 g/mol. The third-order valence-corrected chi connectivity index (χ3v) is 4.60. The number of halogens is 1. The highest BCUT2D eigenvalue weighted by atomic mass is 35.5. The summed E-state index contributed by atoms with van der Waals surface area (Å²) in [7, 11) is 0. The van der Waals surface area contributed by atoms with Gasteiger partial charge in [-0.05, 0) is 62.9 Å². The van der Waals surface area contributed by atoms with Crippen LogP contribution < -0.4 is 0 Å². The van der Waals surface area contributed by atoms with E-state index in [-0.39, 0.29) is 6.04 Å². The van der Waals surface area contributed by atoms with Crippen LogP contribution in [0, 0.1) is 5.41 Å². The van der Waals surface area contributed by atoms with Crippen molar-refractivity contribution in [1.29, 1.82) is 0 Å². The first-order valence-electron chi connectivity index (χ1n) is 7.11. The molecule has 1 aliphatic heterocycles. The first-order valence-corrected chi connectivity index (χ1v) is 7.49. The van der Waals surface area contributed by atoms with Crippen LogP contribution >= 0.6 is 11.6 Å². The summed E-state index contributed by atoms with van der Waals surface area (Å²) < 4.78 is 0. The molecule has 1 unspecified atom stereocenters. The second kappa shape index (κ2) is 5.72. The molecule has 2 nitrogen and oxygen atoms in total. The topological polar surface area (TPSA) is 23.5 Å². The summed E-state index contributed by atoms with van der Waals surface area (Å²) in [5.41, 5.74) is 1.37. The molecular weight excluding hydrogens is 258 g/mol. The molecule has 1 aromatic carbocycles. The molecule has 1 aromatic rings. The van der Waals surface area contributed by atoms with Gasteiger partial charge in [-0.2, -0.15) is 0 Å². The Hall–Kier alpha value is -0.730. The van der Waals surface area contributed by atoms with Gasteiger partial charge in [-0.25, -0.2) is 0 Å². The van der Waals surface area contributed by atoms with Crippen LogP contribution in [0.5, 0.6) is 5.75 Å². The second-order valence-electron chi connectivity index (χ2n) is 6.43. The second-order valence-corrected chi connectivity index (χ2v) is 6.87. The minimum Gasteiger partial charge on any atom is -0.508 e. The first-order chi connectivity index (χ1) is 8.89. The van der Waals surface area contributed by atoms with Crippen molar-refractivity contribution in [1.82, 2.24) is 4.90 Å². The number of hydrogen-bond donors (Lipinski definition) is 1. The maximum absolute atomic E-state index is 10.0. The zero-order valence-corrected chi connectivity index (χ0v) is 12.9. The number of benzene rings is 1. The average Bonchev–Trinajstić information content (AvgIpc) is 2.52. The molecule has 1 N–H and O–H groups in total. The molecular formula is C16H24ClNO. The van der Waals surface area contributed by atoms with Crippen molar-refractivity contribution in [3.05, 3.63) is 28.8 Å². The number of phenols is 1. The Bertz CT molecular complexity index is 444. The Balaban J connectivity index is 2.15. The van der Waals surface area contributed by atoms with E-state index in [9.17, 15) is 5.11 Å². The van der Waals surface area contributed by atoms with Gasteiger partial charge in [0.1, 0.15) is 5.75 Å². The predicted octanol–water partition coefficient (Wildman–Crippen LogP) is 4.62. The zero-order valence-electron chi connectivity index (χ0n) is 12.1. The quantitative estimate of drug-likeness (QED) is 0.855. The molecule has 0 radical (unpaired) electrons. The van der Waals surface area contributed by atoms with Crippen molar-refractivity contribution < 1.29 is 5.11 Å². The smallest absolute Gasteiger partial charge is 0.120 e. The Morgan fingerprint density at radius 3 is 2.74 bits per heavy atom. The van der Waals surface area contributed by atoms with Crippen LogP contribution in [0.15, 0.2) is 18.2 Å². The van der Waals surface area contributed by atoms with Crippen LogP contribution in [0.1, 0.15) is 51.6 Å². The van der Waals surface area contributed by atoms with Gasteiger partial charge in [-0.15, -0.1) is 0 Å². The fourth-order valence-electron chi connectivity index (χ4n) is 2.89. The Morgan fingerprint density at radius 1 is 1.26 bits per heavy atom. The van der Waals surface area contributed by atoms with Crippen LogP contribution in [0.4, 0.5) is 0 Å². The van der Waals surface area contributed by atoms with Crippen LogP contribution in [0.25, 0.3) is 0 Å². The summed E-state index contributed by atoms with van der Waals surface area (Å²) in [5.74, 6) is 0.348. The molecule has 3 heteroatoms. The van der Waals surface area contributed by atoms with Crippen molar-refractivity contribution in [3.63, 3.8) is 0 Å². The highest BCUT2D eigenvalue weighted by Gasteiger charge is 2.26. The maximum Gasteiger partial charge on any atom is 0.120 e. The number of aromatic hydroxyl groups is 1. The van der Waals surface area contributed by atoms with Gasteiger partial charge in [0.25, 0.3) is 0 Å². The molecule has 0 aromatic heterocycles. The fraction of sp³-hybridized carbons (Fsp3) is 0.625. The summed E-state index contributed by atoms with van der Waals surface area (Å²) >= 11 is 6.05. The summed E-state index contributed by atoms with van der Waals surface area (Å²) in [6.07, 6.45) is 3.70. The molecule has 0 spiro atoms. The van der Waals surface area contributed by atoms with Crippen LogP contribution in [0.2, 0.25) is 5.02 Å². The molecule has 2 rings (SSSR count). The maximum atomic E-state index is 10.0. The van der Waals surface area contributed by atoms with Crippen LogP contribution in [0.3, 0.4) is 0 Å². The number of rotatable bonds is 2. The molecule has 1 aliphatic rings. The SMILES string of the molecule is CC(c1cc(Cl)ccc1O)N1CCCC(C)(C)CC1. The highest BCUT2D eigenvalue weighted by molar-refractivity contribution is 6.30. The minimum absolute atomic E-state index is 0.215. The van der Waals surface area contributed by atoms with E-state index in [1.165, 1.54) is 19.3 Å². The fourth-order valence-corrected chi connectivity index (χ4v) is 3.07. The number of phenolic OH excluding ortho intramolecular Hbond substituents is 1. The Labute approximate surface area is 121 Å². The largest absolute Gasteiger partial charge is 0.508 e. The minimum atomic E-state index is 0.215. The van der Waals surface area contributed by atoms with Crippen molar-refractivity contribution in [2.75, 3.05) is 13.1 Å². The van der Waals surface area contributed by atoms with E-state index in [1.54, 1.807) is 12.1 Å². The normalized spacial score (nSPS) is 21.9. The molecule has 106 valence electrons. The van der Waals surface area contributed by atoms with Crippen molar-refractivity contribution in [2.45, 2.75) is 46.1 Å². The van der Waals surface area contributed by atoms with Gasteiger partial charge in [0.15, 0.2) is 0 Å². The van der Waals surface area contributed by atoms with Crippen LogP contribution in [-0.4, -0.2) is 23.1 Å². The molecule has 0 bridgehead atoms. The highest BCUT2D eigenvalue weighted by Crippen LogP contribution is 2.35. The third kappa shape index (κ3) is 3.64. The molecule has 1 atom stereocenters. The van der Waals surface area contributed by atoms with Crippen molar-refractivity contribution in [3.8, 4) is 5.75 Å². The van der Waals surface area contributed by atoms with E-state index in [2.05, 4.69) is 25.7 Å². The summed E-state index contributed by atoms with van der Waals surface area (Å²) in [6.45, 7) is 9.02. The standard InChI is InChI=1S/C16H24ClNO/c1-12(14-11-13(17)5-6-15(14)19)18-9-4-7-16(2,3)8-10-18/h5-6,11-12,19H,4,7-10H2,1-3H3. The van der Waals surface area contributed by atoms with E-state index in [1.807, 2.05) is 6.07 Å². The summed E-state index contributed by atoms with van der Waals surface area (Å²) in [4.78, 5) is 2.46. The van der Waals surface area contributed by atoms with Gasteiger partial charge in [0.2, 0.25) is 0 Å². The van der Waals surface area contributed by atoms with Gasteiger partial charge in [-0.3, -0.25) is 4.90 Å². The Morgan fingerprint density at radius 2 is 2.00 bits per heavy atom. The molecule has 1 saturated heterocycles. The lowest BCUT2D eigenvalue weighted by atomic mass is 9.85. The van der Waals surface area contributed by atoms with E-state index in [4.69, 9.17) is 11.6 Å². The Kier molecular flexibility index (Phi) is 4.42. The molecule has 1 fully saturated rings. The van der Waals surface area contributed by atoms with Crippen molar-refractivity contribution in [2.24, 2.45) is 5.41 Å². The van der Waals surface area contributed by atoms with Gasteiger partial charge in [-0.1, -0.05) is 25.4 Å². The molecule has 0 amide bonds. The zero-order chi connectivity index (χ0) is 14.0. The van der Waals surface area contributed by atoms with E-state index < -0.39 is 0 Å². The number of hydrogen-bond acceptors (Lipinski definition) is 2. The lowest BCUT2D eigenvalue weighted by molar-refractivity contribution is 0.205. The summed E-state index contributed by atoms with van der Waals surface area (Å²) in [5, 5.41) is 10.7. The van der Waals surface area contributed by atoms with Crippen LogP contribution in [-0.2, 0) is 0 Å². The van der Waals surface area contributed by atoms with E-state index in [0.717, 1.165) is 18.7 Å². The number of likely N-dealkylation sites (tertiary alicyclic amines) is 1. The number of nitrogens with zero attached hydrogens (tertiary/aromatic N) is 1. The van der Waals surface area contributed by atoms with E-state index in [0.29, 0.717) is 16.2 Å². The molecule has 0 aliphatic carbocycles. The predicted molar refractivity (Wildman–Crippen MR) is 80.7 cm³/mol. The third-order valence-electron chi connectivity index (χ3n) is 4.36. The first kappa shape index (κ1) is 14.7. The molecule has 0 saturated carbocycles. The lowest BCUT2D eigenvalue weighted by Crippen LogP contribution is -2.28. The molecule has 1 heterocycles. The lowest BCUT2D eigenvalue weighted by Gasteiger charge is -2.29. The average molecular weight is 282 g/mol. The van der Waals surface area contributed by atoms with Crippen molar-refractivity contribution >= 4 is 11.6 Å². The van der Waals surface area contributed by atoms with E-state index >= 15 is 0 Å².